The molecule has 5 heteroatoms. The Hall–Kier alpha value is -1.80. The number of piperidine rings is 1. The van der Waals surface area contributed by atoms with E-state index in [0.717, 1.165) is 57.4 Å². The van der Waals surface area contributed by atoms with E-state index in [1.54, 1.807) is 0 Å². The van der Waals surface area contributed by atoms with Gasteiger partial charge in [-0.1, -0.05) is 5.92 Å². The molecule has 0 N–H and O–H groups in total. The monoisotopic (exact) mass is 299 g/mol. The van der Waals surface area contributed by atoms with E-state index in [2.05, 4.69) is 48.9 Å². The summed E-state index contributed by atoms with van der Waals surface area (Å²) in [5.74, 6) is 8.13. The third-order valence-electron chi connectivity index (χ3n) is 4.49. The second-order valence-electron chi connectivity index (χ2n) is 5.99. The van der Waals surface area contributed by atoms with Gasteiger partial charge < -0.3 is 9.80 Å². The summed E-state index contributed by atoms with van der Waals surface area (Å²) in [4.78, 5) is 7.06. The van der Waals surface area contributed by atoms with Crippen LogP contribution < -0.4 is 9.80 Å². The standard InChI is InChI=1S/C17H25N5/c1-2-3-9-20-12-14-22(15-13-20)17-8-7-16(18-19-17)21-10-5-4-6-11-21/h7-8H,4-6,9-15H2,1H3. The summed E-state index contributed by atoms with van der Waals surface area (Å²) in [7, 11) is 0. The Balaban J connectivity index is 1.55. The van der Waals surface area contributed by atoms with Gasteiger partial charge in [-0.3, -0.25) is 4.90 Å². The second kappa shape index (κ2) is 7.46. The molecule has 0 radical (unpaired) electrons. The Morgan fingerprint density at radius 3 is 2.00 bits per heavy atom. The van der Waals surface area contributed by atoms with Gasteiger partial charge in [-0.25, -0.2) is 0 Å². The molecule has 0 spiro atoms. The minimum absolute atomic E-state index is 0.879. The van der Waals surface area contributed by atoms with Crippen LogP contribution in [0.25, 0.3) is 0 Å². The first-order valence-electron chi connectivity index (χ1n) is 8.32. The summed E-state index contributed by atoms with van der Waals surface area (Å²) in [6.07, 6.45) is 3.88. The maximum absolute atomic E-state index is 4.45. The van der Waals surface area contributed by atoms with Crippen molar-refractivity contribution < 1.29 is 0 Å². The van der Waals surface area contributed by atoms with Crippen molar-refractivity contribution in [2.24, 2.45) is 0 Å². The largest absolute Gasteiger partial charge is 0.355 e. The first-order valence-corrected chi connectivity index (χ1v) is 8.32. The molecule has 2 saturated heterocycles. The van der Waals surface area contributed by atoms with E-state index in [1.165, 1.54) is 19.3 Å². The number of nitrogens with zero attached hydrogens (tertiary/aromatic N) is 5. The molecule has 22 heavy (non-hydrogen) atoms. The summed E-state index contributed by atoms with van der Waals surface area (Å²) in [6, 6.07) is 4.25. The summed E-state index contributed by atoms with van der Waals surface area (Å²) in [6.45, 7) is 9.11. The van der Waals surface area contributed by atoms with Crippen LogP contribution in [0.1, 0.15) is 26.2 Å². The molecule has 0 amide bonds. The van der Waals surface area contributed by atoms with Crippen LogP contribution in [0, 0.1) is 11.8 Å². The third kappa shape index (κ3) is 3.69. The van der Waals surface area contributed by atoms with Crippen LogP contribution in [-0.2, 0) is 0 Å². The van der Waals surface area contributed by atoms with Gasteiger partial charge in [0, 0.05) is 39.3 Å². The summed E-state index contributed by atoms with van der Waals surface area (Å²) in [5.41, 5.74) is 0. The van der Waals surface area contributed by atoms with Crippen molar-refractivity contribution in [3.05, 3.63) is 12.1 Å². The number of aromatic nitrogens is 2. The van der Waals surface area contributed by atoms with Gasteiger partial charge in [0.2, 0.25) is 0 Å². The molecule has 2 aliphatic rings. The lowest BCUT2D eigenvalue weighted by Crippen LogP contribution is -2.46. The molecular weight excluding hydrogens is 274 g/mol. The van der Waals surface area contributed by atoms with Crippen LogP contribution in [0.4, 0.5) is 11.6 Å². The van der Waals surface area contributed by atoms with Gasteiger partial charge in [0.25, 0.3) is 0 Å². The number of hydrogen-bond acceptors (Lipinski definition) is 5. The highest BCUT2D eigenvalue weighted by Crippen LogP contribution is 2.19. The van der Waals surface area contributed by atoms with Crippen molar-refractivity contribution in [1.82, 2.24) is 15.1 Å². The van der Waals surface area contributed by atoms with Crippen molar-refractivity contribution in [2.45, 2.75) is 26.2 Å². The molecule has 0 aliphatic carbocycles. The van der Waals surface area contributed by atoms with Crippen molar-refractivity contribution >= 4 is 11.6 Å². The summed E-state index contributed by atoms with van der Waals surface area (Å²) in [5, 5.41) is 8.90. The fourth-order valence-corrected chi connectivity index (χ4v) is 3.10. The number of hydrogen-bond donors (Lipinski definition) is 0. The minimum Gasteiger partial charge on any atom is -0.355 e. The van der Waals surface area contributed by atoms with E-state index in [0.29, 0.717) is 0 Å². The average molecular weight is 299 g/mol. The van der Waals surface area contributed by atoms with Gasteiger partial charge in [-0.05, 0) is 38.3 Å². The fraction of sp³-hybridized carbons (Fsp3) is 0.647. The lowest BCUT2D eigenvalue weighted by molar-refractivity contribution is 0.287. The highest BCUT2D eigenvalue weighted by Gasteiger charge is 2.18. The summed E-state index contributed by atoms with van der Waals surface area (Å²) >= 11 is 0. The molecular formula is C17H25N5. The van der Waals surface area contributed by atoms with Crippen LogP contribution in [-0.4, -0.2) is 60.9 Å². The van der Waals surface area contributed by atoms with Crippen LogP contribution in [0.15, 0.2) is 12.1 Å². The van der Waals surface area contributed by atoms with E-state index in [4.69, 9.17) is 0 Å². The van der Waals surface area contributed by atoms with Crippen LogP contribution >= 0.6 is 0 Å². The Morgan fingerprint density at radius 1 is 0.864 bits per heavy atom. The molecule has 0 saturated carbocycles. The van der Waals surface area contributed by atoms with E-state index in [9.17, 15) is 0 Å². The predicted octanol–water partition coefficient (Wildman–Crippen LogP) is 1.61. The maximum Gasteiger partial charge on any atom is 0.151 e. The molecule has 0 atom stereocenters. The first-order chi connectivity index (χ1) is 10.9. The van der Waals surface area contributed by atoms with Crippen LogP contribution in [0.2, 0.25) is 0 Å². The second-order valence-corrected chi connectivity index (χ2v) is 5.99. The van der Waals surface area contributed by atoms with Gasteiger partial charge in [0.05, 0.1) is 6.54 Å². The Morgan fingerprint density at radius 2 is 1.45 bits per heavy atom. The van der Waals surface area contributed by atoms with Crippen molar-refractivity contribution in [3.8, 4) is 11.8 Å². The topological polar surface area (TPSA) is 35.5 Å². The van der Waals surface area contributed by atoms with Crippen molar-refractivity contribution in [3.63, 3.8) is 0 Å². The van der Waals surface area contributed by atoms with Gasteiger partial charge in [-0.15, -0.1) is 16.1 Å². The lowest BCUT2D eigenvalue weighted by atomic mass is 10.1. The van der Waals surface area contributed by atoms with Gasteiger partial charge in [0.1, 0.15) is 0 Å². The van der Waals surface area contributed by atoms with Crippen molar-refractivity contribution in [2.75, 3.05) is 55.6 Å². The van der Waals surface area contributed by atoms with Gasteiger partial charge in [-0.2, -0.15) is 0 Å². The number of anilines is 2. The molecule has 2 fully saturated rings. The zero-order chi connectivity index (χ0) is 15.2. The normalized spacial score (nSPS) is 19.7. The zero-order valence-corrected chi connectivity index (χ0v) is 13.5. The molecule has 1 aromatic heterocycles. The van der Waals surface area contributed by atoms with Gasteiger partial charge in [0.15, 0.2) is 11.6 Å². The SMILES string of the molecule is CC#CCN1CCN(c2ccc(N3CCCCC3)nn2)CC1. The maximum atomic E-state index is 4.45. The zero-order valence-electron chi connectivity index (χ0n) is 13.5. The van der Waals surface area contributed by atoms with E-state index >= 15 is 0 Å². The third-order valence-corrected chi connectivity index (χ3v) is 4.49. The lowest BCUT2D eigenvalue weighted by Gasteiger charge is -2.34. The molecule has 0 aromatic carbocycles. The molecule has 5 nitrogen and oxygen atoms in total. The van der Waals surface area contributed by atoms with Crippen LogP contribution in [0.3, 0.4) is 0 Å². The molecule has 0 unspecified atom stereocenters. The van der Waals surface area contributed by atoms with Crippen molar-refractivity contribution in [1.29, 1.82) is 0 Å². The summed E-state index contributed by atoms with van der Waals surface area (Å²) < 4.78 is 0. The number of piperazine rings is 1. The Kier molecular flexibility index (Phi) is 5.12. The quantitative estimate of drug-likeness (QED) is 0.793. The molecule has 1 aromatic rings. The Labute approximate surface area is 133 Å². The minimum atomic E-state index is 0.879. The molecule has 3 rings (SSSR count). The molecule has 118 valence electrons. The molecule has 2 aliphatic heterocycles. The van der Waals surface area contributed by atoms with Gasteiger partial charge >= 0.3 is 0 Å². The number of rotatable bonds is 3. The smallest absolute Gasteiger partial charge is 0.151 e. The Bertz CT molecular complexity index is 516. The van der Waals surface area contributed by atoms with Crippen LogP contribution in [0.5, 0.6) is 0 Å². The van der Waals surface area contributed by atoms with E-state index in [1.807, 2.05) is 6.92 Å². The first kappa shape index (κ1) is 15.1. The molecule has 3 heterocycles. The molecule has 0 bridgehead atoms. The fourth-order valence-electron chi connectivity index (χ4n) is 3.10. The predicted molar refractivity (Wildman–Crippen MR) is 90.2 cm³/mol. The van der Waals surface area contributed by atoms with E-state index in [-0.39, 0.29) is 0 Å². The average Bonchev–Trinajstić information content (AvgIpc) is 2.61. The highest BCUT2D eigenvalue weighted by atomic mass is 15.3. The van der Waals surface area contributed by atoms with E-state index < -0.39 is 0 Å². The highest BCUT2D eigenvalue weighted by molar-refractivity contribution is 5.45.